The topological polar surface area (TPSA) is 217 Å². The van der Waals surface area contributed by atoms with Crippen LogP contribution in [0.4, 0.5) is 0 Å². The van der Waals surface area contributed by atoms with Gasteiger partial charge in [0.05, 0.1) is 19.0 Å². The molecule has 0 aromatic carbocycles. The highest BCUT2D eigenvalue weighted by Gasteiger charge is 2.28. The molecule has 13 heteroatoms. The van der Waals surface area contributed by atoms with Crippen LogP contribution in [0, 0.1) is 30.1 Å². The fourth-order valence-electron chi connectivity index (χ4n) is 3.90. The first-order chi connectivity index (χ1) is 22.5. The van der Waals surface area contributed by atoms with Gasteiger partial charge >= 0.3 is 11.9 Å². The van der Waals surface area contributed by atoms with Crippen molar-refractivity contribution in [1.29, 1.82) is 0 Å². The van der Waals surface area contributed by atoms with Crippen LogP contribution in [0.1, 0.15) is 100 Å². The number of hydrogen-bond donors (Lipinski definition) is 7. The summed E-state index contributed by atoms with van der Waals surface area (Å²) in [4.78, 5) is 69.0. The van der Waals surface area contributed by atoms with Crippen molar-refractivity contribution in [3.8, 4) is 12.3 Å². The maximum atomic E-state index is 12.4. The molecule has 0 radical (unpaired) electrons. The molecule has 1 rings (SSSR count). The predicted molar refractivity (Wildman–Crippen MR) is 188 cm³/mol. The highest BCUT2D eigenvalue weighted by atomic mass is 16.4. The molecule has 4 amide bonds. The van der Waals surface area contributed by atoms with E-state index >= 15 is 0 Å². The number of terminal acetylenes is 1. The van der Waals surface area contributed by atoms with Crippen molar-refractivity contribution < 1.29 is 39.0 Å². The minimum atomic E-state index is -0.841. The van der Waals surface area contributed by atoms with Crippen LogP contribution in [0.15, 0.2) is 24.3 Å². The first-order valence-corrected chi connectivity index (χ1v) is 16.5. The highest BCUT2D eigenvalue weighted by Crippen LogP contribution is 2.24. The summed E-state index contributed by atoms with van der Waals surface area (Å²) in [6, 6.07) is -1.41. The third kappa shape index (κ3) is 29.2. The highest BCUT2D eigenvalue weighted by molar-refractivity contribution is 5.91. The predicted octanol–water partition coefficient (Wildman–Crippen LogP) is 3.14. The number of nitrogens with two attached hydrogens (primary N) is 1. The lowest BCUT2D eigenvalue weighted by atomic mass is 9.85. The van der Waals surface area contributed by atoms with Crippen molar-refractivity contribution in [3.63, 3.8) is 0 Å². The summed E-state index contributed by atoms with van der Waals surface area (Å²) in [5, 5.41) is 27.5. The summed E-state index contributed by atoms with van der Waals surface area (Å²) >= 11 is 0. The molecule has 0 saturated heterocycles. The molecule has 48 heavy (non-hydrogen) atoms. The number of carboxylic acids is 2. The lowest BCUT2D eigenvalue weighted by Gasteiger charge is -2.28. The number of carboxylic acid groups (broad SMARTS) is 2. The Labute approximate surface area is 287 Å². The van der Waals surface area contributed by atoms with E-state index in [9.17, 15) is 28.8 Å². The van der Waals surface area contributed by atoms with E-state index in [4.69, 9.17) is 22.4 Å². The Kier molecular flexibility index (Phi) is 30.3. The Balaban J connectivity index is -0.00000104. The first kappa shape index (κ1) is 48.2. The van der Waals surface area contributed by atoms with E-state index < -0.39 is 47.7 Å². The van der Waals surface area contributed by atoms with Crippen LogP contribution >= 0.6 is 0 Å². The molecule has 13 nitrogen and oxygen atoms in total. The molecule has 0 aromatic heterocycles. The minimum absolute atomic E-state index is 0.0611. The number of amides is 4. The van der Waals surface area contributed by atoms with Gasteiger partial charge in [0, 0.05) is 24.9 Å². The zero-order chi connectivity index (χ0) is 37.7. The molecule has 4 atom stereocenters. The van der Waals surface area contributed by atoms with Gasteiger partial charge in [-0.2, -0.15) is 0 Å². The molecule has 1 saturated carbocycles. The van der Waals surface area contributed by atoms with Gasteiger partial charge in [0.15, 0.2) is 0 Å². The molecular formula is C35H61N5O8. The maximum absolute atomic E-state index is 12.4. The van der Waals surface area contributed by atoms with Crippen LogP contribution in [0.2, 0.25) is 0 Å². The summed E-state index contributed by atoms with van der Waals surface area (Å²) in [5.41, 5.74) is 5.27. The maximum Gasteiger partial charge on any atom is 0.306 e. The Morgan fingerprint density at radius 2 is 1.52 bits per heavy atom. The molecule has 0 heterocycles. The fraction of sp³-hybridized carbons (Fsp3) is 0.657. The molecule has 0 bridgehead atoms. The lowest BCUT2D eigenvalue weighted by molar-refractivity contribution is -0.143. The summed E-state index contributed by atoms with van der Waals surface area (Å²) in [5.74, 6) is -0.672. The van der Waals surface area contributed by atoms with Crippen LogP contribution < -0.4 is 27.0 Å². The molecule has 274 valence electrons. The van der Waals surface area contributed by atoms with Crippen LogP contribution in [0.3, 0.4) is 0 Å². The van der Waals surface area contributed by atoms with E-state index in [1.54, 1.807) is 26.8 Å². The van der Waals surface area contributed by atoms with Crippen LogP contribution in [-0.4, -0.2) is 77.0 Å². The molecule has 1 fully saturated rings. The number of nitrogens with one attached hydrogen (secondary N) is 4. The van der Waals surface area contributed by atoms with E-state index in [-0.39, 0.29) is 43.8 Å². The molecule has 0 spiro atoms. The standard InChI is InChI=1S/C21H37N5O6.C7H8.C4H10.C3H6O2/c1-4-14(9-16(27)25-15-7-5-6-13(8-15)21(31)32)24-18(29)11-23-20(30)19(12(2)3)26-17(28)10-22;1-3-5-7-6-4-2;1-4(2)3;1-2-3(4)5/h12-15,19H,4-11,22H2,1-3H3,(H,23,30)(H,24,29)(H,25,27)(H,26,28)(H,31,32);1,4-7H,2H3;4H,1-3H3;2H2,1H3,(H,4,5)/b;6-4-,7-5-;;. The Hall–Kier alpha value is -4.18. The van der Waals surface area contributed by atoms with Crippen LogP contribution in [-0.2, 0) is 28.8 Å². The largest absolute Gasteiger partial charge is 0.481 e. The van der Waals surface area contributed by atoms with Crippen LogP contribution in [0.25, 0.3) is 0 Å². The third-order valence-electron chi connectivity index (χ3n) is 6.35. The van der Waals surface area contributed by atoms with Gasteiger partial charge in [0.2, 0.25) is 23.6 Å². The second-order valence-corrected chi connectivity index (χ2v) is 12.1. The van der Waals surface area contributed by atoms with E-state index in [1.165, 1.54) is 0 Å². The van der Waals surface area contributed by atoms with Gasteiger partial charge < -0.3 is 37.2 Å². The van der Waals surface area contributed by atoms with Crippen LogP contribution in [0.5, 0.6) is 0 Å². The van der Waals surface area contributed by atoms with E-state index in [0.717, 1.165) is 18.8 Å². The molecular weight excluding hydrogens is 618 g/mol. The van der Waals surface area contributed by atoms with E-state index in [2.05, 4.69) is 48.0 Å². The number of rotatable bonds is 14. The average molecular weight is 680 g/mol. The van der Waals surface area contributed by atoms with Crippen molar-refractivity contribution in [2.45, 2.75) is 118 Å². The second kappa shape index (κ2) is 30.2. The summed E-state index contributed by atoms with van der Waals surface area (Å²) < 4.78 is 0. The van der Waals surface area contributed by atoms with E-state index in [1.807, 2.05) is 32.1 Å². The van der Waals surface area contributed by atoms with Gasteiger partial charge in [-0.1, -0.05) is 79.0 Å². The molecule has 1 aliphatic carbocycles. The third-order valence-corrected chi connectivity index (χ3v) is 6.35. The number of aliphatic carboxylic acids is 2. The Bertz CT molecular complexity index is 1060. The van der Waals surface area contributed by atoms with Crippen molar-refractivity contribution in [2.75, 3.05) is 13.1 Å². The number of carbonyl (C=O) groups is 6. The van der Waals surface area contributed by atoms with Gasteiger partial charge in [-0.15, -0.1) is 6.42 Å². The van der Waals surface area contributed by atoms with Crippen molar-refractivity contribution in [3.05, 3.63) is 24.3 Å². The van der Waals surface area contributed by atoms with Gasteiger partial charge in [0.25, 0.3) is 0 Å². The quantitative estimate of drug-likeness (QED) is 0.106. The number of hydrogen-bond acceptors (Lipinski definition) is 7. The molecule has 0 aromatic rings. The Morgan fingerprint density at radius 3 is 1.96 bits per heavy atom. The van der Waals surface area contributed by atoms with Crippen molar-refractivity contribution in [1.82, 2.24) is 21.3 Å². The summed E-state index contributed by atoms with van der Waals surface area (Å²) in [6.07, 6.45) is 15.5. The SMILES string of the molecule is C#C/C=C\C=C/C.CC(C)C.CCC(=O)O.CCC(CC(=O)NC1CCCC(C(=O)O)C1)NC(=O)CNC(=O)C(NC(=O)CN)C(C)C. The van der Waals surface area contributed by atoms with Gasteiger partial charge in [-0.25, -0.2) is 0 Å². The Morgan fingerprint density at radius 1 is 0.938 bits per heavy atom. The zero-order valence-electron chi connectivity index (χ0n) is 30.1. The molecule has 1 aliphatic rings. The normalized spacial score (nSPS) is 16.4. The van der Waals surface area contributed by atoms with Gasteiger partial charge in [-0.05, 0) is 50.5 Å². The fourth-order valence-corrected chi connectivity index (χ4v) is 3.90. The van der Waals surface area contributed by atoms with Crippen molar-refractivity contribution in [2.24, 2.45) is 23.5 Å². The lowest BCUT2D eigenvalue weighted by Crippen LogP contribution is -2.53. The monoisotopic (exact) mass is 679 g/mol. The summed E-state index contributed by atoms with van der Waals surface area (Å²) in [6.45, 7) is 14.9. The smallest absolute Gasteiger partial charge is 0.306 e. The molecule has 8 N–H and O–H groups in total. The number of allylic oxidation sites excluding steroid dienone is 4. The van der Waals surface area contributed by atoms with Gasteiger partial charge in [-0.3, -0.25) is 28.8 Å². The molecule has 0 aliphatic heterocycles. The minimum Gasteiger partial charge on any atom is -0.481 e. The second-order valence-electron chi connectivity index (χ2n) is 12.1. The summed E-state index contributed by atoms with van der Waals surface area (Å²) in [7, 11) is 0. The van der Waals surface area contributed by atoms with E-state index in [0.29, 0.717) is 19.3 Å². The number of carbonyl (C=O) groups excluding carboxylic acids is 4. The molecule has 4 unspecified atom stereocenters. The van der Waals surface area contributed by atoms with Gasteiger partial charge in [0.1, 0.15) is 6.04 Å². The average Bonchev–Trinajstić information content (AvgIpc) is 3.02. The van der Waals surface area contributed by atoms with Crippen molar-refractivity contribution >= 4 is 35.6 Å². The first-order valence-electron chi connectivity index (χ1n) is 16.5. The zero-order valence-corrected chi connectivity index (χ0v) is 30.1.